The Morgan fingerprint density at radius 3 is 2.37 bits per heavy atom. The summed E-state index contributed by atoms with van der Waals surface area (Å²) in [6.07, 6.45) is -3.82. The van der Waals surface area contributed by atoms with E-state index in [4.69, 9.17) is 14.2 Å². The number of nitrogens with one attached hydrogen (secondary N) is 3. The zero-order valence-corrected chi connectivity index (χ0v) is 34.9. The molecule has 4 aliphatic heterocycles. The molecule has 14 nitrogen and oxygen atoms in total. The molecule has 0 spiro atoms. The number of benzene rings is 3. The van der Waals surface area contributed by atoms with Crippen LogP contribution in [0.2, 0.25) is 0 Å². The SMILES string of the molecule is CC1(C)C(=O)SC(C2NCCN2c2ccc(C#N)c(C(F)(F)F)c2)=C1c1ccc(OCCCOCCCOCCNc2cccc3c2C(=O)N(C2CCC(=O)NC2=O)C3=O)cc1. The summed E-state index contributed by atoms with van der Waals surface area (Å²) in [4.78, 5) is 67.0. The van der Waals surface area contributed by atoms with Gasteiger partial charge in [-0.15, -0.1) is 0 Å². The Morgan fingerprint density at radius 2 is 1.66 bits per heavy atom. The number of imide groups is 2. The second-order valence-electron chi connectivity index (χ2n) is 15.6. The molecule has 0 radical (unpaired) electrons. The summed E-state index contributed by atoms with van der Waals surface area (Å²) in [5.41, 5.74) is 0.434. The molecular weight excluding hydrogens is 830 g/mol. The van der Waals surface area contributed by atoms with Crippen molar-refractivity contribution in [1.29, 1.82) is 5.26 Å². The van der Waals surface area contributed by atoms with Gasteiger partial charge in [0.1, 0.15) is 18.0 Å². The topological polar surface area (TPSA) is 179 Å². The van der Waals surface area contributed by atoms with Crippen LogP contribution in [0.25, 0.3) is 5.57 Å². The summed E-state index contributed by atoms with van der Waals surface area (Å²) >= 11 is 1.10. The maximum absolute atomic E-state index is 13.8. The number of fused-ring (bicyclic) bond motifs is 1. The molecule has 4 aliphatic rings. The third-order valence-electron chi connectivity index (χ3n) is 11.0. The lowest BCUT2D eigenvalue weighted by atomic mass is 9.81. The highest BCUT2D eigenvalue weighted by molar-refractivity contribution is 8.17. The summed E-state index contributed by atoms with van der Waals surface area (Å²) in [6.45, 7) is 7.09. The number of ether oxygens (including phenoxy) is 3. The van der Waals surface area contributed by atoms with Crippen LogP contribution >= 0.6 is 11.8 Å². The van der Waals surface area contributed by atoms with Gasteiger partial charge in [0, 0.05) is 68.6 Å². The number of piperidine rings is 1. The highest BCUT2D eigenvalue weighted by atomic mass is 32.2. The summed E-state index contributed by atoms with van der Waals surface area (Å²) in [5, 5.41) is 17.9. The smallest absolute Gasteiger partial charge is 0.417 e. The third-order valence-corrected chi connectivity index (χ3v) is 12.4. The number of thioether (sulfide) groups is 1. The fourth-order valence-electron chi connectivity index (χ4n) is 7.96. The molecule has 2 unspecified atom stereocenters. The Morgan fingerprint density at radius 1 is 0.935 bits per heavy atom. The molecule has 2 atom stereocenters. The Bertz CT molecular complexity index is 2330. The fraction of sp³-hybridized carbons (Fsp3) is 0.409. The van der Waals surface area contributed by atoms with Gasteiger partial charge in [0.15, 0.2) is 0 Å². The first kappa shape index (κ1) is 44.3. The second-order valence-corrected chi connectivity index (χ2v) is 16.6. The van der Waals surface area contributed by atoms with E-state index in [2.05, 4.69) is 16.0 Å². The minimum absolute atomic E-state index is 0.0460. The Labute approximate surface area is 360 Å². The van der Waals surface area contributed by atoms with Gasteiger partial charge in [-0.1, -0.05) is 30.0 Å². The van der Waals surface area contributed by atoms with Crippen molar-refractivity contribution in [2.24, 2.45) is 5.41 Å². The van der Waals surface area contributed by atoms with Crippen molar-refractivity contribution in [1.82, 2.24) is 15.5 Å². The summed E-state index contributed by atoms with van der Waals surface area (Å²) in [7, 11) is 0. The lowest BCUT2D eigenvalue weighted by molar-refractivity contribution is -0.138. The first-order valence-corrected chi connectivity index (χ1v) is 21.1. The van der Waals surface area contributed by atoms with E-state index >= 15 is 0 Å². The highest BCUT2D eigenvalue weighted by Crippen LogP contribution is 2.53. The van der Waals surface area contributed by atoms with Crippen LogP contribution in [-0.2, 0) is 30.0 Å². The van der Waals surface area contributed by atoms with Crippen LogP contribution in [0, 0.1) is 16.7 Å². The van der Waals surface area contributed by atoms with Crippen LogP contribution in [0.1, 0.15) is 76.9 Å². The molecule has 0 saturated carbocycles. The third kappa shape index (κ3) is 9.21. The molecule has 3 N–H and O–H groups in total. The number of halogens is 3. The van der Waals surface area contributed by atoms with Gasteiger partial charge in [0.05, 0.1) is 47.0 Å². The lowest BCUT2D eigenvalue weighted by Gasteiger charge is -2.29. The van der Waals surface area contributed by atoms with Crippen LogP contribution in [0.3, 0.4) is 0 Å². The molecule has 18 heteroatoms. The molecule has 3 aromatic rings. The molecular formula is C44H45F3N6O8S. The number of rotatable bonds is 17. The number of alkyl halides is 3. The van der Waals surface area contributed by atoms with Crippen LogP contribution < -0.4 is 25.6 Å². The number of carbonyl (C=O) groups is 5. The van der Waals surface area contributed by atoms with Crippen molar-refractivity contribution in [3.63, 3.8) is 0 Å². The Hall–Kier alpha value is -5.74. The standard InChI is InChI=1S/C44H45F3N6O8S/c1-43(2)36(37(62-42(43)58)38-50-16-18-52(38)28-11-8-27(25-48)31(24-28)44(45,46)47)26-9-12-29(13-10-26)61-22-5-21-59-19-4-20-60-23-17-49-32-7-3-6-30-35(32)41(57)53(40(30)56)33-14-15-34(54)51-39(33)55/h3,6-13,24,33,38,49-50H,4-5,14-23H2,1-2H3,(H,51,54,55). The maximum Gasteiger partial charge on any atom is 0.417 e. The minimum Gasteiger partial charge on any atom is -0.494 e. The second kappa shape index (κ2) is 18.7. The van der Waals surface area contributed by atoms with Crippen molar-refractivity contribution in [2.75, 3.05) is 62.9 Å². The average molecular weight is 875 g/mol. The number of nitrogens with zero attached hydrogens (tertiary/aromatic N) is 3. The molecule has 0 aromatic heterocycles. The zero-order chi connectivity index (χ0) is 44.2. The molecule has 326 valence electrons. The average Bonchev–Trinajstić information content (AvgIpc) is 3.90. The van der Waals surface area contributed by atoms with Gasteiger partial charge >= 0.3 is 6.18 Å². The predicted octanol–water partition coefficient (Wildman–Crippen LogP) is 5.73. The lowest BCUT2D eigenvalue weighted by Crippen LogP contribution is -2.54. The predicted molar refractivity (Wildman–Crippen MR) is 223 cm³/mol. The molecule has 4 heterocycles. The fourth-order valence-corrected chi connectivity index (χ4v) is 9.31. The number of amides is 4. The number of carbonyl (C=O) groups excluding carboxylic acids is 5. The van der Waals surface area contributed by atoms with Crippen molar-refractivity contribution in [2.45, 2.75) is 57.9 Å². The molecule has 2 fully saturated rings. The summed E-state index contributed by atoms with van der Waals surface area (Å²) in [5.74, 6) is -1.61. The quantitative estimate of drug-likeness (QED) is 0.111. The number of allylic oxidation sites excluding steroid dienone is 1. The van der Waals surface area contributed by atoms with E-state index in [1.54, 1.807) is 29.2 Å². The van der Waals surface area contributed by atoms with E-state index in [9.17, 15) is 42.4 Å². The van der Waals surface area contributed by atoms with E-state index in [-0.39, 0.29) is 29.1 Å². The Kier molecular flexibility index (Phi) is 13.4. The molecule has 0 bridgehead atoms. The first-order valence-electron chi connectivity index (χ1n) is 20.3. The van der Waals surface area contributed by atoms with Gasteiger partial charge in [-0.25, -0.2) is 0 Å². The van der Waals surface area contributed by atoms with Gasteiger partial charge in [0.25, 0.3) is 11.8 Å². The monoisotopic (exact) mass is 874 g/mol. The highest BCUT2D eigenvalue weighted by Gasteiger charge is 2.47. The van der Waals surface area contributed by atoms with Crippen molar-refractivity contribution >= 4 is 57.5 Å². The van der Waals surface area contributed by atoms with Gasteiger partial charge < -0.3 is 24.4 Å². The number of anilines is 2. The molecule has 2 saturated heterocycles. The molecule has 3 aromatic carbocycles. The van der Waals surface area contributed by atoms with E-state index < -0.39 is 58.6 Å². The van der Waals surface area contributed by atoms with Crippen molar-refractivity contribution < 1.29 is 51.4 Å². The largest absolute Gasteiger partial charge is 0.494 e. The number of hydrogen-bond donors (Lipinski definition) is 3. The van der Waals surface area contributed by atoms with Crippen molar-refractivity contribution in [3.8, 4) is 11.8 Å². The van der Waals surface area contributed by atoms with E-state index in [0.717, 1.165) is 38.8 Å². The minimum atomic E-state index is -4.69. The van der Waals surface area contributed by atoms with E-state index in [1.807, 2.05) is 38.1 Å². The maximum atomic E-state index is 13.8. The number of nitriles is 1. The Balaban J connectivity index is 0.828. The van der Waals surface area contributed by atoms with Crippen LogP contribution in [0.15, 0.2) is 65.6 Å². The summed E-state index contributed by atoms with van der Waals surface area (Å²) in [6, 6.07) is 16.6. The molecule has 62 heavy (non-hydrogen) atoms. The molecule has 0 aliphatic carbocycles. The molecule has 7 rings (SSSR count). The van der Waals surface area contributed by atoms with Crippen LogP contribution in [0.5, 0.6) is 5.75 Å². The summed E-state index contributed by atoms with van der Waals surface area (Å²) < 4.78 is 58.8. The normalized spacial score (nSPS) is 19.9. The first-order chi connectivity index (χ1) is 29.7. The van der Waals surface area contributed by atoms with E-state index in [1.165, 1.54) is 12.1 Å². The van der Waals surface area contributed by atoms with Crippen molar-refractivity contribution in [3.05, 3.63) is 93.4 Å². The van der Waals surface area contributed by atoms with Crippen LogP contribution in [0.4, 0.5) is 24.5 Å². The zero-order valence-electron chi connectivity index (χ0n) is 34.1. The van der Waals surface area contributed by atoms with Gasteiger partial charge in [-0.2, -0.15) is 18.4 Å². The van der Waals surface area contributed by atoms with Gasteiger partial charge in [-0.05, 0) is 80.3 Å². The van der Waals surface area contributed by atoms with E-state index in [0.29, 0.717) is 82.6 Å². The molecule has 4 amide bonds. The van der Waals surface area contributed by atoms with Gasteiger partial charge in [-0.3, -0.25) is 39.5 Å². The number of hydrogen-bond acceptors (Lipinski definition) is 13. The van der Waals surface area contributed by atoms with Gasteiger partial charge in [0.2, 0.25) is 16.9 Å². The van der Waals surface area contributed by atoms with Crippen LogP contribution in [-0.4, -0.2) is 98.5 Å².